The predicted octanol–water partition coefficient (Wildman–Crippen LogP) is 1.03. The van der Waals surface area contributed by atoms with Crippen molar-refractivity contribution in [3.8, 4) is 0 Å². The number of hydrogen-bond donors (Lipinski definition) is 1. The van der Waals surface area contributed by atoms with E-state index in [1.54, 1.807) is 0 Å². The number of piperazine rings is 1. The average Bonchev–Trinajstić information content (AvgIpc) is 2.77. The molecule has 1 unspecified atom stereocenters. The van der Waals surface area contributed by atoms with Gasteiger partial charge >= 0.3 is 0 Å². The lowest BCUT2D eigenvalue weighted by molar-refractivity contribution is 0.0356. The first-order valence-electron chi connectivity index (χ1n) is 7.65. The predicted molar refractivity (Wildman–Crippen MR) is 79.6 cm³/mol. The highest BCUT2D eigenvalue weighted by atomic mass is 16.5. The summed E-state index contributed by atoms with van der Waals surface area (Å²) < 4.78 is 5.65. The van der Waals surface area contributed by atoms with Gasteiger partial charge in [0.25, 0.3) is 0 Å². The lowest BCUT2D eigenvalue weighted by Gasteiger charge is -2.44. The zero-order chi connectivity index (χ0) is 13.9. The minimum atomic E-state index is 0.311. The third-order valence-corrected chi connectivity index (χ3v) is 4.62. The quantitative estimate of drug-likeness (QED) is 0.825. The van der Waals surface area contributed by atoms with Crippen LogP contribution in [-0.2, 0) is 4.74 Å². The summed E-state index contributed by atoms with van der Waals surface area (Å²) in [6.07, 6.45) is 1.20. The third-order valence-electron chi connectivity index (χ3n) is 4.62. The Balaban J connectivity index is 1.84. The molecule has 112 valence electrons. The first-order valence-corrected chi connectivity index (χ1v) is 7.65. The Bertz CT molecular complexity index is 274. The van der Waals surface area contributed by atoms with Crippen molar-refractivity contribution in [2.75, 3.05) is 59.5 Å². The molecule has 2 aliphatic rings. The molecule has 1 atom stereocenters. The van der Waals surface area contributed by atoms with E-state index < -0.39 is 0 Å². The van der Waals surface area contributed by atoms with Crippen molar-refractivity contribution in [3.05, 3.63) is 0 Å². The standard InChI is InChI=1S/C15H31N3O/c1-14(2,3)18-8-6-17(7-9-18)12-15(11-16-4)5-10-19-13-15/h16H,5-13H2,1-4H3. The fourth-order valence-electron chi connectivity index (χ4n) is 3.40. The summed E-state index contributed by atoms with van der Waals surface area (Å²) in [5.41, 5.74) is 0.657. The fourth-order valence-corrected chi connectivity index (χ4v) is 3.40. The van der Waals surface area contributed by atoms with Crippen LogP contribution in [0.5, 0.6) is 0 Å². The molecule has 0 aliphatic carbocycles. The second-order valence-electron chi connectivity index (χ2n) is 7.27. The van der Waals surface area contributed by atoms with Crippen LogP contribution in [0.4, 0.5) is 0 Å². The number of nitrogens with one attached hydrogen (secondary N) is 1. The van der Waals surface area contributed by atoms with Crippen molar-refractivity contribution in [1.82, 2.24) is 15.1 Å². The third kappa shape index (κ3) is 3.91. The molecule has 0 amide bonds. The van der Waals surface area contributed by atoms with Gasteiger partial charge < -0.3 is 15.0 Å². The Labute approximate surface area is 118 Å². The molecule has 1 N–H and O–H groups in total. The maximum atomic E-state index is 5.65. The summed E-state index contributed by atoms with van der Waals surface area (Å²) in [6, 6.07) is 0. The van der Waals surface area contributed by atoms with E-state index in [0.717, 1.165) is 19.8 Å². The maximum Gasteiger partial charge on any atom is 0.0547 e. The molecule has 0 spiro atoms. The molecule has 0 radical (unpaired) electrons. The van der Waals surface area contributed by atoms with Crippen LogP contribution in [0.1, 0.15) is 27.2 Å². The summed E-state index contributed by atoms with van der Waals surface area (Å²) in [5.74, 6) is 0. The van der Waals surface area contributed by atoms with E-state index in [2.05, 4.69) is 42.9 Å². The monoisotopic (exact) mass is 269 g/mol. The van der Waals surface area contributed by atoms with Crippen molar-refractivity contribution in [2.45, 2.75) is 32.7 Å². The van der Waals surface area contributed by atoms with Crippen LogP contribution in [0.3, 0.4) is 0 Å². The van der Waals surface area contributed by atoms with E-state index in [1.807, 2.05) is 0 Å². The van der Waals surface area contributed by atoms with Crippen molar-refractivity contribution in [3.63, 3.8) is 0 Å². The van der Waals surface area contributed by atoms with E-state index in [-0.39, 0.29) is 0 Å². The highest BCUT2D eigenvalue weighted by Gasteiger charge is 2.37. The lowest BCUT2D eigenvalue weighted by atomic mass is 9.86. The van der Waals surface area contributed by atoms with Gasteiger partial charge in [-0.2, -0.15) is 0 Å². The molecule has 0 aromatic rings. The van der Waals surface area contributed by atoms with Crippen LogP contribution in [0.2, 0.25) is 0 Å². The summed E-state index contributed by atoms with van der Waals surface area (Å²) in [7, 11) is 2.05. The Hall–Kier alpha value is -0.160. The minimum absolute atomic E-state index is 0.311. The van der Waals surface area contributed by atoms with Crippen LogP contribution < -0.4 is 5.32 Å². The van der Waals surface area contributed by atoms with Gasteiger partial charge in [0.15, 0.2) is 0 Å². The van der Waals surface area contributed by atoms with E-state index in [4.69, 9.17) is 4.74 Å². The van der Waals surface area contributed by atoms with Crippen LogP contribution in [0, 0.1) is 5.41 Å². The Morgan fingerprint density at radius 1 is 1.16 bits per heavy atom. The molecule has 2 fully saturated rings. The van der Waals surface area contributed by atoms with E-state index in [9.17, 15) is 0 Å². The normalized spacial score (nSPS) is 30.9. The second kappa shape index (κ2) is 6.08. The van der Waals surface area contributed by atoms with Gasteiger partial charge in [0.05, 0.1) is 6.61 Å². The van der Waals surface area contributed by atoms with Gasteiger partial charge in [-0.3, -0.25) is 4.90 Å². The summed E-state index contributed by atoms with van der Waals surface area (Å²) >= 11 is 0. The van der Waals surface area contributed by atoms with Gasteiger partial charge in [0, 0.05) is 56.8 Å². The van der Waals surface area contributed by atoms with Gasteiger partial charge in [-0.25, -0.2) is 0 Å². The molecule has 0 aromatic heterocycles. The fraction of sp³-hybridized carbons (Fsp3) is 1.00. The molecule has 2 heterocycles. The molecule has 19 heavy (non-hydrogen) atoms. The molecule has 2 saturated heterocycles. The molecule has 0 saturated carbocycles. The van der Waals surface area contributed by atoms with Crippen LogP contribution in [0.25, 0.3) is 0 Å². The molecule has 0 bridgehead atoms. The maximum absolute atomic E-state index is 5.65. The molecular weight excluding hydrogens is 238 g/mol. The minimum Gasteiger partial charge on any atom is -0.381 e. The van der Waals surface area contributed by atoms with Gasteiger partial charge in [-0.15, -0.1) is 0 Å². The Morgan fingerprint density at radius 3 is 2.32 bits per heavy atom. The molecule has 2 rings (SSSR count). The number of ether oxygens (including phenoxy) is 1. The zero-order valence-corrected chi connectivity index (χ0v) is 13.2. The number of nitrogens with zero attached hydrogens (tertiary/aromatic N) is 2. The highest BCUT2D eigenvalue weighted by Crippen LogP contribution is 2.29. The molecule has 4 heteroatoms. The van der Waals surface area contributed by atoms with Gasteiger partial charge in [0.1, 0.15) is 0 Å². The van der Waals surface area contributed by atoms with Gasteiger partial charge in [-0.1, -0.05) is 0 Å². The Kier molecular flexibility index (Phi) is 4.88. The topological polar surface area (TPSA) is 27.7 Å². The molecule has 0 aromatic carbocycles. The number of hydrogen-bond acceptors (Lipinski definition) is 4. The molecular formula is C15H31N3O. The van der Waals surface area contributed by atoms with Crippen molar-refractivity contribution >= 4 is 0 Å². The zero-order valence-electron chi connectivity index (χ0n) is 13.2. The van der Waals surface area contributed by atoms with Crippen LogP contribution >= 0.6 is 0 Å². The van der Waals surface area contributed by atoms with E-state index >= 15 is 0 Å². The van der Waals surface area contributed by atoms with Crippen LogP contribution in [-0.4, -0.2) is 74.9 Å². The first-order chi connectivity index (χ1) is 8.95. The van der Waals surface area contributed by atoms with Gasteiger partial charge in [0.2, 0.25) is 0 Å². The first kappa shape index (κ1) is 15.2. The Morgan fingerprint density at radius 2 is 1.84 bits per heavy atom. The summed E-state index contributed by atoms with van der Waals surface area (Å²) in [6.45, 7) is 15.8. The van der Waals surface area contributed by atoms with E-state index in [1.165, 1.54) is 39.1 Å². The van der Waals surface area contributed by atoms with Crippen molar-refractivity contribution < 1.29 is 4.74 Å². The van der Waals surface area contributed by atoms with Gasteiger partial charge in [-0.05, 0) is 34.2 Å². The number of rotatable bonds is 4. The highest BCUT2D eigenvalue weighted by molar-refractivity contribution is 4.90. The summed E-state index contributed by atoms with van der Waals surface area (Å²) in [4.78, 5) is 5.23. The lowest BCUT2D eigenvalue weighted by Crippen LogP contribution is -2.56. The van der Waals surface area contributed by atoms with Crippen LogP contribution in [0.15, 0.2) is 0 Å². The average molecular weight is 269 g/mol. The smallest absolute Gasteiger partial charge is 0.0547 e. The van der Waals surface area contributed by atoms with Crippen molar-refractivity contribution in [2.24, 2.45) is 5.41 Å². The van der Waals surface area contributed by atoms with Crippen molar-refractivity contribution in [1.29, 1.82) is 0 Å². The summed E-state index contributed by atoms with van der Waals surface area (Å²) in [5, 5.41) is 3.36. The largest absolute Gasteiger partial charge is 0.381 e. The van der Waals surface area contributed by atoms with E-state index in [0.29, 0.717) is 11.0 Å². The SMILES string of the molecule is CNCC1(CN2CCN(C(C)(C)C)CC2)CCOC1. The second-order valence-corrected chi connectivity index (χ2v) is 7.27. The molecule has 2 aliphatic heterocycles. The molecule has 4 nitrogen and oxygen atoms in total.